The molecule has 1 unspecified atom stereocenters. The van der Waals surface area contributed by atoms with E-state index in [0.29, 0.717) is 22.9 Å². The van der Waals surface area contributed by atoms with Crippen LogP contribution in [0.25, 0.3) is 0 Å². The third-order valence-electron chi connectivity index (χ3n) is 2.60. The monoisotopic (exact) mass is 312 g/mol. The molecule has 19 heavy (non-hydrogen) atoms. The average Bonchev–Trinajstić information content (AvgIpc) is 2.36. The summed E-state index contributed by atoms with van der Waals surface area (Å²) in [5, 5.41) is 1.11. The molecule has 0 aliphatic rings. The summed E-state index contributed by atoms with van der Waals surface area (Å²) in [5.74, 6) is 5.42. The summed E-state index contributed by atoms with van der Waals surface area (Å²) in [6, 6.07) is 5.09. The van der Waals surface area contributed by atoms with Gasteiger partial charge in [0.15, 0.2) is 0 Å². The van der Waals surface area contributed by atoms with Crippen molar-refractivity contribution < 1.29 is 13.5 Å². The van der Waals surface area contributed by atoms with Crippen LogP contribution in [0.1, 0.15) is 12.0 Å². The molecular formula is C12H16Cl2F2N2O. The second kappa shape index (κ2) is 8.66. The van der Waals surface area contributed by atoms with E-state index in [1.165, 1.54) is 0 Å². The van der Waals surface area contributed by atoms with Crippen molar-refractivity contribution in [3.8, 4) is 0 Å². The van der Waals surface area contributed by atoms with E-state index in [2.05, 4.69) is 5.43 Å². The molecular weight excluding hydrogens is 297 g/mol. The maximum atomic E-state index is 11.9. The van der Waals surface area contributed by atoms with Gasteiger partial charge in [0.1, 0.15) is 6.61 Å². The maximum absolute atomic E-state index is 11.9. The van der Waals surface area contributed by atoms with Crippen LogP contribution in [0.5, 0.6) is 0 Å². The minimum Gasteiger partial charge on any atom is -0.375 e. The van der Waals surface area contributed by atoms with E-state index in [-0.39, 0.29) is 12.6 Å². The van der Waals surface area contributed by atoms with E-state index in [1.54, 1.807) is 18.2 Å². The van der Waals surface area contributed by atoms with Crippen molar-refractivity contribution in [3.05, 3.63) is 33.8 Å². The highest BCUT2D eigenvalue weighted by Gasteiger charge is 2.13. The van der Waals surface area contributed by atoms with E-state index in [1.807, 2.05) is 0 Å². The molecule has 1 aromatic carbocycles. The summed E-state index contributed by atoms with van der Waals surface area (Å²) < 4.78 is 28.6. The smallest absolute Gasteiger partial charge is 0.261 e. The molecule has 0 amide bonds. The molecule has 0 saturated heterocycles. The third-order valence-corrected chi connectivity index (χ3v) is 3.31. The zero-order valence-corrected chi connectivity index (χ0v) is 11.7. The Hall–Kier alpha value is -0.460. The summed E-state index contributed by atoms with van der Waals surface area (Å²) in [6.07, 6.45) is -1.46. The van der Waals surface area contributed by atoms with Crippen molar-refractivity contribution in [1.29, 1.82) is 0 Å². The van der Waals surface area contributed by atoms with Gasteiger partial charge in [-0.05, 0) is 30.5 Å². The van der Waals surface area contributed by atoms with Gasteiger partial charge in [-0.1, -0.05) is 29.3 Å². The quantitative estimate of drug-likeness (QED) is 0.440. The molecule has 1 rings (SSSR count). The lowest BCUT2D eigenvalue weighted by Crippen LogP contribution is -2.37. The van der Waals surface area contributed by atoms with E-state index in [9.17, 15) is 8.78 Å². The van der Waals surface area contributed by atoms with Gasteiger partial charge in [0.2, 0.25) is 0 Å². The summed E-state index contributed by atoms with van der Waals surface area (Å²) in [4.78, 5) is 0. The van der Waals surface area contributed by atoms with Gasteiger partial charge >= 0.3 is 0 Å². The Bertz CT molecular complexity index is 374. The molecule has 3 N–H and O–H groups in total. The van der Waals surface area contributed by atoms with Gasteiger partial charge < -0.3 is 4.74 Å². The molecule has 0 heterocycles. The normalized spacial score (nSPS) is 12.9. The number of alkyl halides is 2. The molecule has 7 heteroatoms. The topological polar surface area (TPSA) is 47.3 Å². The first-order valence-corrected chi connectivity index (χ1v) is 6.55. The lowest BCUT2D eigenvalue weighted by molar-refractivity contribution is 0.0144. The Balaban J connectivity index is 2.48. The van der Waals surface area contributed by atoms with Crippen molar-refractivity contribution >= 4 is 23.2 Å². The zero-order valence-electron chi connectivity index (χ0n) is 10.2. The Kier molecular flexibility index (Phi) is 7.56. The molecule has 0 bridgehead atoms. The highest BCUT2D eigenvalue weighted by Crippen LogP contribution is 2.25. The van der Waals surface area contributed by atoms with Crippen LogP contribution in [0, 0.1) is 0 Å². The summed E-state index contributed by atoms with van der Waals surface area (Å²) in [5.41, 5.74) is 3.39. The van der Waals surface area contributed by atoms with Crippen LogP contribution in [-0.4, -0.2) is 25.7 Å². The molecule has 0 aliphatic heterocycles. The van der Waals surface area contributed by atoms with Gasteiger partial charge in [-0.2, -0.15) is 0 Å². The van der Waals surface area contributed by atoms with Crippen LogP contribution in [0.15, 0.2) is 18.2 Å². The van der Waals surface area contributed by atoms with E-state index >= 15 is 0 Å². The molecule has 1 aromatic rings. The van der Waals surface area contributed by atoms with Crippen LogP contribution in [0.2, 0.25) is 10.0 Å². The van der Waals surface area contributed by atoms with E-state index in [0.717, 1.165) is 5.56 Å². The molecule has 108 valence electrons. The second-order valence-corrected chi connectivity index (χ2v) is 4.84. The molecule has 0 aromatic heterocycles. The van der Waals surface area contributed by atoms with Crippen molar-refractivity contribution in [3.63, 3.8) is 0 Å². The zero-order chi connectivity index (χ0) is 14.3. The van der Waals surface area contributed by atoms with Crippen molar-refractivity contribution in [2.45, 2.75) is 25.3 Å². The first-order chi connectivity index (χ1) is 9.04. The molecule has 0 saturated carbocycles. The van der Waals surface area contributed by atoms with Gasteiger partial charge in [-0.15, -0.1) is 0 Å². The summed E-state index contributed by atoms with van der Waals surface area (Å²) in [7, 11) is 0. The van der Waals surface area contributed by atoms with E-state index in [4.69, 9.17) is 33.8 Å². The minimum atomic E-state index is -2.46. The van der Waals surface area contributed by atoms with Crippen molar-refractivity contribution in [2.24, 2.45) is 5.84 Å². The Morgan fingerprint density at radius 1 is 1.26 bits per heavy atom. The molecule has 0 spiro atoms. The van der Waals surface area contributed by atoms with Crippen LogP contribution in [-0.2, 0) is 11.2 Å². The highest BCUT2D eigenvalue weighted by molar-refractivity contribution is 6.35. The van der Waals surface area contributed by atoms with Crippen LogP contribution < -0.4 is 11.3 Å². The average molecular weight is 313 g/mol. The van der Waals surface area contributed by atoms with E-state index < -0.39 is 13.0 Å². The standard InChI is InChI=1S/C12H16Cl2F2N2O/c13-10-2-1-3-11(14)9(10)6-8(18-17)4-5-19-7-12(15)16/h1-3,8,12,18H,4-7,17H2. The first-order valence-electron chi connectivity index (χ1n) is 5.79. The van der Waals surface area contributed by atoms with Crippen LogP contribution in [0.4, 0.5) is 8.78 Å². The maximum Gasteiger partial charge on any atom is 0.261 e. The lowest BCUT2D eigenvalue weighted by Gasteiger charge is -2.17. The molecule has 1 atom stereocenters. The third kappa shape index (κ3) is 6.01. The van der Waals surface area contributed by atoms with Gasteiger partial charge in [0, 0.05) is 22.7 Å². The number of ether oxygens (including phenoxy) is 1. The van der Waals surface area contributed by atoms with Crippen molar-refractivity contribution in [2.75, 3.05) is 13.2 Å². The van der Waals surface area contributed by atoms with Crippen LogP contribution >= 0.6 is 23.2 Å². The fraction of sp³-hybridized carbons (Fsp3) is 0.500. The predicted molar refractivity (Wildman–Crippen MR) is 72.7 cm³/mol. The molecule has 0 radical (unpaired) electrons. The molecule has 3 nitrogen and oxygen atoms in total. The molecule has 0 fully saturated rings. The highest BCUT2D eigenvalue weighted by atomic mass is 35.5. The summed E-state index contributed by atoms with van der Waals surface area (Å²) >= 11 is 12.1. The number of halogens is 4. The fourth-order valence-corrected chi connectivity index (χ4v) is 2.17. The van der Waals surface area contributed by atoms with Gasteiger partial charge in [-0.25, -0.2) is 8.78 Å². The minimum absolute atomic E-state index is 0.143. The number of rotatable bonds is 8. The number of hydrazine groups is 1. The second-order valence-electron chi connectivity index (χ2n) is 4.02. The Morgan fingerprint density at radius 2 is 1.89 bits per heavy atom. The van der Waals surface area contributed by atoms with Gasteiger partial charge in [-0.3, -0.25) is 11.3 Å². The Labute approximate surface area is 121 Å². The largest absolute Gasteiger partial charge is 0.375 e. The van der Waals surface area contributed by atoms with Crippen LogP contribution in [0.3, 0.4) is 0 Å². The van der Waals surface area contributed by atoms with Crippen molar-refractivity contribution in [1.82, 2.24) is 5.43 Å². The SMILES string of the molecule is NNC(CCOCC(F)F)Cc1c(Cl)cccc1Cl. The molecule has 0 aliphatic carbocycles. The Morgan fingerprint density at radius 3 is 2.42 bits per heavy atom. The number of benzene rings is 1. The lowest BCUT2D eigenvalue weighted by atomic mass is 10.0. The number of hydrogen-bond donors (Lipinski definition) is 2. The predicted octanol–water partition coefficient (Wildman–Crippen LogP) is 3.04. The van der Waals surface area contributed by atoms with Gasteiger partial charge in [0.25, 0.3) is 6.43 Å². The fourth-order valence-electron chi connectivity index (χ4n) is 1.62. The number of nitrogens with one attached hydrogen (secondary N) is 1. The van der Waals surface area contributed by atoms with Gasteiger partial charge in [0.05, 0.1) is 0 Å². The summed E-state index contributed by atoms with van der Waals surface area (Å²) in [6.45, 7) is -0.370. The first kappa shape index (κ1) is 16.6. The number of nitrogens with two attached hydrogens (primary N) is 1. The number of hydrogen-bond acceptors (Lipinski definition) is 3.